The fourth-order valence-electron chi connectivity index (χ4n) is 2.03. The summed E-state index contributed by atoms with van der Waals surface area (Å²) in [5.74, 6) is -0.0373. The van der Waals surface area contributed by atoms with E-state index < -0.39 is 11.7 Å². The second kappa shape index (κ2) is 5.41. The largest absolute Gasteiger partial charge is 0.416 e. The molecule has 20 heavy (non-hydrogen) atoms. The van der Waals surface area contributed by atoms with Gasteiger partial charge in [0, 0.05) is 19.0 Å². The highest BCUT2D eigenvalue weighted by Crippen LogP contribution is 2.31. The topological polar surface area (TPSA) is 64.9 Å². The van der Waals surface area contributed by atoms with Crippen molar-refractivity contribution < 1.29 is 18.0 Å². The number of nitriles is 1. The number of alkyl halides is 3. The lowest BCUT2D eigenvalue weighted by Crippen LogP contribution is -2.31. The van der Waals surface area contributed by atoms with E-state index in [0.29, 0.717) is 25.1 Å². The van der Waals surface area contributed by atoms with Crippen LogP contribution in [0.15, 0.2) is 18.2 Å². The van der Waals surface area contributed by atoms with E-state index in [-0.39, 0.29) is 17.5 Å². The number of nitrogens with zero attached hydrogens (tertiary/aromatic N) is 1. The number of halogens is 3. The van der Waals surface area contributed by atoms with Crippen LogP contribution in [-0.4, -0.2) is 18.5 Å². The molecule has 106 valence electrons. The Morgan fingerprint density at radius 2 is 2.20 bits per heavy atom. The minimum absolute atomic E-state index is 0.0373. The van der Waals surface area contributed by atoms with Gasteiger partial charge in [-0.2, -0.15) is 18.4 Å². The van der Waals surface area contributed by atoms with Crippen LogP contribution in [0.1, 0.15) is 24.0 Å². The Hall–Kier alpha value is -2.23. The molecular weight excluding hydrogens is 271 g/mol. The van der Waals surface area contributed by atoms with Gasteiger partial charge in [0.15, 0.2) is 0 Å². The van der Waals surface area contributed by atoms with Gasteiger partial charge in [-0.25, -0.2) is 0 Å². The van der Waals surface area contributed by atoms with E-state index in [0.717, 1.165) is 12.1 Å². The summed E-state index contributed by atoms with van der Waals surface area (Å²) in [5.41, 5.74) is -0.584. The van der Waals surface area contributed by atoms with Crippen LogP contribution >= 0.6 is 0 Å². The van der Waals surface area contributed by atoms with Crippen molar-refractivity contribution in [2.75, 3.05) is 11.9 Å². The van der Waals surface area contributed by atoms with E-state index in [1.165, 1.54) is 6.07 Å². The van der Waals surface area contributed by atoms with E-state index in [1.54, 1.807) is 6.07 Å². The molecule has 1 amide bonds. The number of anilines is 1. The summed E-state index contributed by atoms with van der Waals surface area (Å²) >= 11 is 0. The fraction of sp³-hybridized carbons (Fsp3) is 0.385. The van der Waals surface area contributed by atoms with Crippen LogP contribution in [-0.2, 0) is 11.0 Å². The Morgan fingerprint density at radius 3 is 2.75 bits per heavy atom. The van der Waals surface area contributed by atoms with Crippen LogP contribution in [0.25, 0.3) is 0 Å². The maximum atomic E-state index is 12.5. The van der Waals surface area contributed by atoms with Crippen molar-refractivity contribution in [1.82, 2.24) is 5.32 Å². The predicted molar refractivity (Wildman–Crippen MR) is 65.8 cm³/mol. The van der Waals surface area contributed by atoms with Gasteiger partial charge < -0.3 is 10.6 Å². The summed E-state index contributed by atoms with van der Waals surface area (Å²) < 4.78 is 37.6. The molecule has 7 heteroatoms. The fourth-order valence-corrected chi connectivity index (χ4v) is 2.03. The summed E-state index contributed by atoms with van der Waals surface area (Å²) in [6.45, 7) is 0.381. The molecular formula is C13H12F3N3O. The summed E-state index contributed by atoms with van der Waals surface area (Å²) in [7, 11) is 0. The van der Waals surface area contributed by atoms with E-state index in [2.05, 4.69) is 10.6 Å². The zero-order valence-electron chi connectivity index (χ0n) is 10.4. The third-order valence-electron chi connectivity index (χ3n) is 3.09. The van der Waals surface area contributed by atoms with Gasteiger partial charge >= 0.3 is 6.18 Å². The number of carbonyl (C=O) groups excluding carboxylic acids is 1. The Labute approximate surface area is 113 Å². The first-order valence-corrected chi connectivity index (χ1v) is 6.04. The minimum Gasteiger partial charge on any atom is -0.382 e. The first-order valence-electron chi connectivity index (χ1n) is 6.04. The molecule has 1 aliphatic rings. The van der Waals surface area contributed by atoms with Crippen LogP contribution in [0, 0.1) is 11.3 Å². The predicted octanol–water partition coefficient (Wildman–Crippen LogP) is 2.27. The second-order valence-corrected chi connectivity index (χ2v) is 4.55. The number of hydrogen-bond donors (Lipinski definition) is 2. The van der Waals surface area contributed by atoms with Crippen molar-refractivity contribution in [3.63, 3.8) is 0 Å². The summed E-state index contributed by atoms with van der Waals surface area (Å²) in [5, 5.41) is 14.5. The minimum atomic E-state index is -4.47. The number of hydrogen-bond acceptors (Lipinski definition) is 3. The molecule has 2 N–H and O–H groups in total. The number of carbonyl (C=O) groups is 1. The maximum Gasteiger partial charge on any atom is 0.416 e. The number of nitrogens with one attached hydrogen (secondary N) is 2. The summed E-state index contributed by atoms with van der Waals surface area (Å²) in [6.07, 6.45) is -3.34. The Kier molecular flexibility index (Phi) is 3.84. The quantitative estimate of drug-likeness (QED) is 0.894. The van der Waals surface area contributed by atoms with E-state index in [9.17, 15) is 18.0 Å². The Balaban J connectivity index is 2.08. The molecule has 1 aromatic rings. The van der Waals surface area contributed by atoms with Crippen molar-refractivity contribution >= 4 is 11.6 Å². The van der Waals surface area contributed by atoms with E-state index in [1.807, 2.05) is 0 Å². The van der Waals surface area contributed by atoms with Crippen LogP contribution < -0.4 is 10.6 Å². The smallest absolute Gasteiger partial charge is 0.382 e. The molecule has 4 nitrogen and oxygen atoms in total. The van der Waals surface area contributed by atoms with Gasteiger partial charge in [0.05, 0.1) is 16.8 Å². The van der Waals surface area contributed by atoms with Crippen LogP contribution in [0.2, 0.25) is 0 Å². The van der Waals surface area contributed by atoms with Gasteiger partial charge in [0.2, 0.25) is 5.91 Å². The standard InChI is InChI=1S/C13H12F3N3O/c14-13(15,16)9-1-3-11(8(5-9)6-17)18-7-10-2-4-12(20)19-10/h1,3,5,10,18H,2,4,7H2,(H,19,20). The molecule has 0 bridgehead atoms. The Bertz CT molecular complexity index is 563. The molecule has 0 saturated carbocycles. The van der Waals surface area contributed by atoms with Crippen molar-refractivity contribution in [2.24, 2.45) is 0 Å². The third-order valence-corrected chi connectivity index (χ3v) is 3.09. The van der Waals surface area contributed by atoms with Gasteiger partial charge in [0.25, 0.3) is 0 Å². The molecule has 1 unspecified atom stereocenters. The first-order chi connectivity index (χ1) is 9.40. The highest BCUT2D eigenvalue weighted by molar-refractivity contribution is 5.78. The molecule has 2 rings (SSSR count). The highest BCUT2D eigenvalue weighted by atomic mass is 19.4. The molecule has 1 aromatic carbocycles. The third kappa shape index (κ3) is 3.20. The van der Waals surface area contributed by atoms with Crippen molar-refractivity contribution in [1.29, 1.82) is 5.26 Å². The first kappa shape index (κ1) is 14.2. The molecule has 1 aliphatic heterocycles. The zero-order valence-corrected chi connectivity index (χ0v) is 10.4. The molecule has 1 fully saturated rings. The van der Waals surface area contributed by atoms with E-state index in [4.69, 9.17) is 5.26 Å². The van der Waals surface area contributed by atoms with Gasteiger partial charge in [-0.15, -0.1) is 0 Å². The lowest BCUT2D eigenvalue weighted by atomic mass is 10.1. The molecule has 1 atom stereocenters. The second-order valence-electron chi connectivity index (χ2n) is 4.55. The lowest BCUT2D eigenvalue weighted by molar-refractivity contribution is -0.137. The lowest BCUT2D eigenvalue weighted by Gasteiger charge is -2.14. The van der Waals surface area contributed by atoms with Gasteiger partial charge in [0.1, 0.15) is 6.07 Å². The SMILES string of the molecule is N#Cc1cc(C(F)(F)F)ccc1NCC1CCC(=O)N1. The molecule has 0 spiro atoms. The zero-order chi connectivity index (χ0) is 14.8. The number of rotatable bonds is 3. The normalized spacial score (nSPS) is 18.5. The van der Waals surface area contributed by atoms with Crippen LogP contribution in [0.4, 0.5) is 18.9 Å². The number of benzene rings is 1. The van der Waals surface area contributed by atoms with Crippen molar-refractivity contribution in [3.8, 4) is 6.07 Å². The average molecular weight is 283 g/mol. The van der Waals surface area contributed by atoms with Crippen LogP contribution in [0.3, 0.4) is 0 Å². The summed E-state index contributed by atoms with van der Waals surface area (Å²) in [4.78, 5) is 11.0. The van der Waals surface area contributed by atoms with Gasteiger partial charge in [-0.05, 0) is 24.6 Å². The molecule has 1 saturated heterocycles. The van der Waals surface area contributed by atoms with Crippen molar-refractivity contribution in [3.05, 3.63) is 29.3 Å². The molecule has 0 aliphatic carbocycles. The molecule has 1 heterocycles. The van der Waals surface area contributed by atoms with Gasteiger partial charge in [-0.3, -0.25) is 4.79 Å². The van der Waals surface area contributed by atoms with Crippen molar-refractivity contribution in [2.45, 2.75) is 25.1 Å². The molecule has 0 aromatic heterocycles. The highest BCUT2D eigenvalue weighted by Gasteiger charge is 2.31. The monoisotopic (exact) mass is 283 g/mol. The van der Waals surface area contributed by atoms with Gasteiger partial charge in [-0.1, -0.05) is 0 Å². The maximum absolute atomic E-state index is 12.5. The van der Waals surface area contributed by atoms with E-state index >= 15 is 0 Å². The van der Waals surface area contributed by atoms with Crippen LogP contribution in [0.5, 0.6) is 0 Å². The molecule has 0 radical (unpaired) electrons. The average Bonchev–Trinajstić information content (AvgIpc) is 2.81. The summed E-state index contributed by atoms with van der Waals surface area (Å²) in [6, 6.07) is 4.66. The Morgan fingerprint density at radius 1 is 1.45 bits per heavy atom. The number of amides is 1.